The van der Waals surface area contributed by atoms with E-state index in [0.29, 0.717) is 6.04 Å². The van der Waals surface area contributed by atoms with Gasteiger partial charge in [0, 0.05) is 20.2 Å². The second-order valence-electron chi connectivity index (χ2n) is 13.2. The maximum absolute atomic E-state index is 7.96. The first-order chi connectivity index (χ1) is 25.1. The van der Waals surface area contributed by atoms with Crippen molar-refractivity contribution in [3.8, 4) is 44.5 Å². The highest BCUT2D eigenvalue weighted by molar-refractivity contribution is 7.26. The van der Waals surface area contributed by atoms with Crippen LogP contribution in [0.3, 0.4) is 0 Å². The molecule has 0 saturated heterocycles. The third-order valence-electron chi connectivity index (χ3n) is 10.3. The van der Waals surface area contributed by atoms with Crippen molar-refractivity contribution in [1.82, 2.24) is 0 Å². The summed E-state index contributed by atoms with van der Waals surface area (Å²) in [6.45, 7) is 2.20. The molecule has 1 heteroatoms. The smallest absolute Gasteiger partial charge is 0.0623 e. The minimum absolute atomic E-state index is 0.540. The average Bonchev–Trinajstić information content (AvgIpc) is 3.56. The lowest BCUT2D eigenvalue weighted by Crippen LogP contribution is -1.91. The van der Waals surface area contributed by atoms with Crippen molar-refractivity contribution >= 4 is 63.8 Å². The lowest BCUT2D eigenvalue weighted by molar-refractivity contribution is 1.56. The number of hydrogen-bond acceptors (Lipinski definition) is 1. The first-order valence-electron chi connectivity index (χ1n) is 17.7. The van der Waals surface area contributed by atoms with Crippen LogP contribution in [0.25, 0.3) is 97.0 Å². The Morgan fingerprint density at radius 3 is 1.52 bits per heavy atom. The number of aryl methyl sites for hydroxylation is 1. The highest BCUT2D eigenvalue weighted by Crippen LogP contribution is 2.44. The van der Waals surface area contributed by atoms with Gasteiger partial charge in [0.2, 0.25) is 0 Å². The molecule has 50 heavy (non-hydrogen) atoms. The van der Waals surface area contributed by atoms with Crippen LogP contribution in [-0.4, -0.2) is 0 Å². The van der Waals surface area contributed by atoms with E-state index in [-0.39, 0.29) is 0 Å². The molecule has 10 rings (SSSR count). The van der Waals surface area contributed by atoms with Crippen molar-refractivity contribution in [3.05, 3.63) is 181 Å². The van der Waals surface area contributed by atoms with E-state index in [0.717, 1.165) is 10.8 Å². The molecule has 0 atom stereocenters. The molecule has 1 heterocycles. The Morgan fingerprint density at radius 1 is 0.380 bits per heavy atom. The molecule has 0 N–H and O–H groups in total. The zero-order valence-corrected chi connectivity index (χ0v) is 28.4. The molecule has 1 aromatic heterocycles. The van der Waals surface area contributed by atoms with Crippen molar-refractivity contribution in [2.24, 2.45) is 0 Å². The lowest BCUT2D eigenvalue weighted by Gasteiger charge is -2.18. The van der Waals surface area contributed by atoms with Crippen LogP contribution in [-0.2, 0) is 0 Å². The molecule has 0 aliphatic carbocycles. The molecule has 0 saturated carbocycles. The van der Waals surface area contributed by atoms with E-state index in [1.165, 1.54) is 91.8 Å². The van der Waals surface area contributed by atoms with Gasteiger partial charge in [-0.05, 0) is 108 Å². The number of benzene rings is 9. The standard InChI is InChI=1S/C49H32S/c1-31-9-8-16-44-45-30-39(27-28-46(45)50-49(31)44)34-19-24-36(25-20-34)48-42-14-6-4-12-40(42)47(41-13-5-7-15-43(41)48)35-22-17-33(18-23-35)38-26-21-32-10-2-3-11-37(32)29-38/h2-30H,1H3/i2D. The third-order valence-corrected chi connectivity index (χ3v) is 11.6. The third kappa shape index (κ3) is 4.66. The van der Waals surface area contributed by atoms with Crippen LogP contribution < -0.4 is 0 Å². The first kappa shape index (κ1) is 27.9. The summed E-state index contributed by atoms with van der Waals surface area (Å²) in [5.41, 5.74) is 11.1. The molecule has 10 aromatic rings. The fourth-order valence-corrected chi connectivity index (χ4v) is 8.99. The van der Waals surface area contributed by atoms with Gasteiger partial charge in [0.1, 0.15) is 0 Å². The number of thiophene rings is 1. The molecule has 0 fully saturated rings. The van der Waals surface area contributed by atoms with Gasteiger partial charge in [0.15, 0.2) is 0 Å². The summed E-state index contributed by atoms with van der Waals surface area (Å²) in [5, 5.41) is 9.95. The van der Waals surface area contributed by atoms with Crippen molar-refractivity contribution in [2.75, 3.05) is 0 Å². The van der Waals surface area contributed by atoms with Crippen LogP contribution in [0.5, 0.6) is 0 Å². The minimum atomic E-state index is 0.540. The Balaban J connectivity index is 1.07. The van der Waals surface area contributed by atoms with Gasteiger partial charge in [-0.15, -0.1) is 11.3 Å². The fraction of sp³-hybridized carbons (Fsp3) is 0.0204. The van der Waals surface area contributed by atoms with Crippen molar-refractivity contribution in [2.45, 2.75) is 6.92 Å². The average molecular weight is 654 g/mol. The maximum atomic E-state index is 7.96. The maximum Gasteiger partial charge on any atom is 0.0623 e. The summed E-state index contributed by atoms with van der Waals surface area (Å²) in [6, 6.07) is 62.3. The Bertz CT molecular complexity index is 2910. The molecule has 0 nitrogen and oxygen atoms in total. The van der Waals surface area contributed by atoms with E-state index in [2.05, 4.69) is 159 Å². The summed E-state index contributed by atoms with van der Waals surface area (Å²) in [7, 11) is 0. The highest BCUT2D eigenvalue weighted by atomic mass is 32.1. The second-order valence-corrected chi connectivity index (χ2v) is 14.3. The van der Waals surface area contributed by atoms with E-state index in [1.807, 2.05) is 29.5 Å². The van der Waals surface area contributed by atoms with E-state index in [9.17, 15) is 0 Å². The van der Waals surface area contributed by atoms with E-state index < -0.39 is 0 Å². The van der Waals surface area contributed by atoms with Gasteiger partial charge in [-0.1, -0.05) is 158 Å². The van der Waals surface area contributed by atoms with Crippen LogP contribution in [0.15, 0.2) is 176 Å². The van der Waals surface area contributed by atoms with Crippen LogP contribution >= 0.6 is 11.3 Å². The molecule has 0 spiro atoms. The summed E-state index contributed by atoms with van der Waals surface area (Å²) in [4.78, 5) is 0. The molecule has 0 amide bonds. The Morgan fingerprint density at radius 2 is 0.900 bits per heavy atom. The normalized spacial score (nSPS) is 12.0. The zero-order chi connectivity index (χ0) is 34.1. The largest absolute Gasteiger partial charge is 0.135 e. The van der Waals surface area contributed by atoms with E-state index >= 15 is 0 Å². The molecular weight excluding hydrogens is 621 g/mol. The molecule has 0 aliphatic heterocycles. The summed E-state index contributed by atoms with van der Waals surface area (Å²) in [6.07, 6.45) is 0. The van der Waals surface area contributed by atoms with Gasteiger partial charge in [0.25, 0.3) is 0 Å². The monoisotopic (exact) mass is 653 g/mol. The van der Waals surface area contributed by atoms with Crippen molar-refractivity contribution in [1.29, 1.82) is 0 Å². The molecular formula is C49H32S. The molecule has 0 bridgehead atoms. The van der Waals surface area contributed by atoms with Crippen LogP contribution in [0.4, 0.5) is 0 Å². The molecule has 0 radical (unpaired) electrons. The van der Waals surface area contributed by atoms with Crippen LogP contribution in [0, 0.1) is 6.92 Å². The SMILES string of the molecule is [2H]c1ccc2cc(-c3ccc(-c4c5ccccc5c(-c5ccc(-c6ccc7sc8c(C)cccc8c7c6)cc5)c5ccccc45)cc3)ccc2c1. The lowest BCUT2D eigenvalue weighted by atomic mass is 9.85. The van der Waals surface area contributed by atoms with E-state index in [4.69, 9.17) is 1.37 Å². The predicted octanol–water partition coefficient (Wildman–Crippen LogP) is 14.5. The van der Waals surface area contributed by atoms with Gasteiger partial charge in [-0.3, -0.25) is 0 Å². The summed E-state index contributed by atoms with van der Waals surface area (Å²) < 4.78 is 10.7. The van der Waals surface area contributed by atoms with Gasteiger partial charge < -0.3 is 0 Å². The van der Waals surface area contributed by atoms with E-state index in [1.54, 1.807) is 0 Å². The second kappa shape index (κ2) is 11.6. The Labute approximate surface area is 296 Å². The minimum Gasteiger partial charge on any atom is -0.135 e. The van der Waals surface area contributed by atoms with Gasteiger partial charge >= 0.3 is 0 Å². The molecule has 0 aliphatic rings. The van der Waals surface area contributed by atoms with Crippen molar-refractivity contribution < 1.29 is 1.37 Å². The van der Waals surface area contributed by atoms with Crippen LogP contribution in [0.2, 0.25) is 0 Å². The summed E-state index contributed by atoms with van der Waals surface area (Å²) in [5.74, 6) is 0. The number of fused-ring (bicyclic) bond motifs is 6. The predicted molar refractivity (Wildman–Crippen MR) is 218 cm³/mol. The Kier molecular flexibility index (Phi) is 6.44. The zero-order valence-electron chi connectivity index (χ0n) is 28.6. The van der Waals surface area contributed by atoms with Crippen molar-refractivity contribution in [3.63, 3.8) is 0 Å². The first-order valence-corrected chi connectivity index (χ1v) is 18.0. The molecule has 234 valence electrons. The van der Waals surface area contributed by atoms with Crippen LogP contribution in [0.1, 0.15) is 6.93 Å². The number of rotatable bonds is 4. The van der Waals surface area contributed by atoms with Gasteiger partial charge in [0.05, 0.1) is 1.37 Å². The fourth-order valence-electron chi connectivity index (χ4n) is 7.83. The molecule has 0 unspecified atom stereocenters. The van der Waals surface area contributed by atoms with Gasteiger partial charge in [-0.25, -0.2) is 0 Å². The number of hydrogen-bond donors (Lipinski definition) is 0. The quantitative estimate of drug-likeness (QED) is 0.166. The molecule has 9 aromatic carbocycles. The summed E-state index contributed by atoms with van der Waals surface area (Å²) >= 11 is 1.89. The Hall–Kier alpha value is -6.02. The van der Waals surface area contributed by atoms with Gasteiger partial charge in [-0.2, -0.15) is 0 Å². The highest BCUT2D eigenvalue weighted by Gasteiger charge is 2.17. The topological polar surface area (TPSA) is 0 Å².